The number of methoxy groups -OCH3 is 1. The van der Waals surface area contributed by atoms with Gasteiger partial charge in [-0.05, 0) is 47.3 Å². The van der Waals surface area contributed by atoms with Gasteiger partial charge in [0.05, 0.1) is 24.9 Å². The number of carbonyl (C=O) groups is 2. The van der Waals surface area contributed by atoms with Crippen molar-refractivity contribution >= 4 is 34.9 Å². The summed E-state index contributed by atoms with van der Waals surface area (Å²) >= 11 is 7.40. The van der Waals surface area contributed by atoms with Crippen LogP contribution in [0.2, 0.25) is 5.02 Å². The minimum atomic E-state index is -0.880. The minimum absolute atomic E-state index is 0.0691. The summed E-state index contributed by atoms with van der Waals surface area (Å²) < 4.78 is 39.4. The van der Waals surface area contributed by atoms with Gasteiger partial charge in [-0.15, -0.1) is 11.3 Å². The molecule has 36 heavy (non-hydrogen) atoms. The molecule has 3 aromatic heterocycles. The molecule has 3 N–H and O–H groups in total. The van der Waals surface area contributed by atoms with Crippen molar-refractivity contribution in [2.75, 3.05) is 7.11 Å². The van der Waals surface area contributed by atoms with Crippen LogP contribution in [0.4, 0.5) is 13.6 Å². The van der Waals surface area contributed by atoms with Crippen LogP contribution in [-0.4, -0.2) is 29.2 Å². The number of nitrogens with one attached hydrogen (secondary N) is 3. The van der Waals surface area contributed by atoms with Gasteiger partial charge in [-0.3, -0.25) is 15.2 Å². The highest BCUT2D eigenvalue weighted by Crippen LogP contribution is 2.39. The van der Waals surface area contributed by atoms with Crippen molar-refractivity contribution in [2.45, 2.75) is 13.0 Å². The highest BCUT2D eigenvalue weighted by atomic mass is 35.5. The first kappa shape index (κ1) is 25.1. The number of benzene rings is 1. The molecule has 0 aliphatic rings. The van der Waals surface area contributed by atoms with E-state index in [9.17, 15) is 14.0 Å². The molecular weight excluding hydrogens is 516 g/mol. The van der Waals surface area contributed by atoms with Crippen LogP contribution in [0.3, 0.4) is 0 Å². The van der Waals surface area contributed by atoms with E-state index in [1.54, 1.807) is 17.5 Å². The van der Waals surface area contributed by atoms with Crippen molar-refractivity contribution in [1.82, 2.24) is 26.3 Å². The first-order valence-corrected chi connectivity index (χ1v) is 11.6. The molecule has 3 heterocycles. The highest BCUT2D eigenvalue weighted by Gasteiger charge is 2.20. The van der Waals surface area contributed by atoms with Crippen molar-refractivity contribution in [2.24, 2.45) is 0 Å². The summed E-state index contributed by atoms with van der Waals surface area (Å²) in [5, 5.41) is 7.89. The minimum Gasteiger partial charge on any atom is -0.479 e. The van der Waals surface area contributed by atoms with Crippen LogP contribution in [-0.2, 0) is 0 Å². The lowest BCUT2D eigenvalue weighted by molar-refractivity contribution is 0.0898. The van der Waals surface area contributed by atoms with Gasteiger partial charge in [0.1, 0.15) is 11.6 Å². The predicted octanol–water partition coefficient (Wildman–Crippen LogP) is 5.11. The normalized spacial score (nSPS) is 11.6. The Labute approximate surface area is 212 Å². The van der Waals surface area contributed by atoms with Crippen LogP contribution in [0.1, 0.15) is 29.2 Å². The van der Waals surface area contributed by atoms with Crippen molar-refractivity contribution in [3.05, 3.63) is 76.1 Å². The van der Waals surface area contributed by atoms with Crippen LogP contribution in [0.25, 0.3) is 21.6 Å². The number of carbonyl (C=O) groups excluding carboxylic acids is 2. The van der Waals surface area contributed by atoms with Gasteiger partial charge in [0, 0.05) is 27.2 Å². The zero-order valence-corrected chi connectivity index (χ0v) is 20.3. The molecule has 9 nitrogen and oxygen atoms in total. The number of hydrogen-bond donors (Lipinski definition) is 3. The van der Waals surface area contributed by atoms with Crippen LogP contribution < -0.4 is 20.9 Å². The smallest absolute Gasteiger partial charge is 0.334 e. The third-order valence-electron chi connectivity index (χ3n) is 4.97. The fourth-order valence-electron chi connectivity index (χ4n) is 3.33. The molecule has 0 spiro atoms. The number of amides is 3. The highest BCUT2D eigenvalue weighted by molar-refractivity contribution is 7.13. The SMILES string of the molecule is COc1cc(C(=O)NNC(=O)NC(C)c2ncc(-c3cc(Cl)cc(F)c3-c3cccs3)cc2F)on1. The number of hydrazine groups is 1. The Morgan fingerprint density at radius 3 is 2.64 bits per heavy atom. The number of hydrogen-bond acceptors (Lipinski definition) is 7. The maximum absolute atomic E-state index is 15.0. The zero-order chi connectivity index (χ0) is 25.8. The Bertz CT molecular complexity index is 1410. The number of pyridine rings is 1. The third-order valence-corrected chi connectivity index (χ3v) is 6.08. The Morgan fingerprint density at radius 2 is 1.97 bits per heavy atom. The van der Waals surface area contributed by atoms with E-state index < -0.39 is 29.6 Å². The number of ether oxygens (including phenoxy) is 1. The maximum atomic E-state index is 15.0. The Morgan fingerprint density at radius 1 is 1.17 bits per heavy atom. The molecule has 0 saturated carbocycles. The second kappa shape index (κ2) is 10.7. The van der Waals surface area contributed by atoms with Crippen LogP contribution in [0, 0.1) is 11.6 Å². The summed E-state index contributed by atoms with van der Waals surface area (Å²) in [7, 11) is 1.35. The number of thiophene rings is 1. The van der Waals surface area contributed by atoms with E-state index in [1.807, 2.05) is 0 Å². The Kier molecular flexibility index (Phi) is 7.46. The molecule has 0 radical (unpaired) electrons. The molecular formula is C23H18ClF2N5O4S. The molecule has 1 unspecified atom stereocenters. The first-order chi connectivity index (χ1) is 17.3. The molecule has 13 heteroatoms. The zero-order valence-electron chi connectivity index (χ0n) is 18.8. The number of halogens is 3. The molecule has 1 aromatic carbocycles. The predicted molar refractivity (Wildman–Crippen MR) is 129 cm³/mol. The summed E-state index contributed by atoms with van der Waals surface area (Å²) in [6.45, 7) is 1.50. The average Bonchev–Trinajstić information content (AvgIpc) is 3.54. The van der Waals surface area contributed by atoms with Gasteiger partial charge in [0.25, 0.3) is 5.88 Å². The van der Waals surface area contributed by atoms with E-state index >= 15 is 4.39 Å². The lowest BCUT2D eigenvalue weighted by Gasteiger charge is -2.16. The molecule has 0 aliphatic carbocycles. The molecule has 0 saturated heterocycles. The van der Waals surface area contributed by atoms with E-state index in [0.29, 0.717) is 16.0 Å². The van der Waals surface area contributed by atoms with Crippen molar-refractivity contribution in [1.29, 1.82) is 0 Å². The lowest BCUT2D eigenvalue weighted by Crippen LogP contribution is -2.47. The second-order valence-electron chi connectivity index (χ2n) is 7.39. The maximum Gasteiger partial charge on any atom is 0.334 e. The number of aromatic nitrogens is 2. The van der Waals surface area contributed by atoms with E-state index in [1.165, 1.54) is 55.8 Å². The van der Waals surface area contributed by atoms with Gasteiger partial charge in [0.2, 0.25) is 5.76 Å². The number of rotatable bonds is 6. The quantitative estimate of drug-likeness (QED) is 0.296. The first-order valence-electron chi connectivity index (χ1n) is 10.3. The molecule has 4 rings (SSSR count). The molecule has 0 bridgehead atoms. The number of urea groups is 1. The third kappa shape index (κ3) is 5.44. The Hall–Kier alpha value is -4.03. The van der Waals surface area contributed by atoms with E-state index in [2.05, 4.69) is 26.3 Å². The average molecular weight is 534 g/mol. The molecule has 3 amide bonds. The fourth-order valence-corrected chi connectivity index (χ4v) is 4.32. The molecule has 0 aliphatic heterocycles. The number of nitrogens with zero attached hydrogens (tertiary/aromatic N) is 2. The van der Waals surface area contributed by atoms with Gasteiger partial charge in [-0.2, -0.15) is 0 Å². The monoisotopic (exact) mass is 533 g/mol. The summed E-state index contributed by atoms with van der Waals surface area (Å²) in [6.07, 6.45) is 1.37. The standard InChI is InChI=1S/C23H18ClF2N5O4S/c1-11(28-23(33)30-29-22(32)17-9-19(34-2)31-35-17)21-16(26)6-12(10-27-21)14-7-13(24)8-15(25)20(14)18-4-3-5-36-18/h3-11H,1-2H3,(H,29,32)(H2,28,30,33). The second-order valence-corrected chi connectivity index (χ2v) is 8.77. The van der Waals surface area contributed by atoms with Crippen LogP contribution in [0.5, 0.6) is 5.88 Å². The summed E-state index contributed by atoms with van der Waals surface area (Å²) in [6, 6.07) is 6.98. The summed E-state index contributed by atoms with van der Waals surface area (Å²) in [5.74, 6) is -2.15. The fraction of sp³-hybridized carbons (Fsp3) is 0.130. The lowest BCUT2D eigenvalue weighted by atomic mass is 9.98. The van der Waals surface area contributed by atoms with Gasteiger partial charge < -0.3 is 14.6 Å². The van der Waals surface area contributed by atoms with Crippen molar-refractivity contribution < 1.29 is 27.6 Å². The molecule has 4 aromatic rings. The van der Waals surface area contributed by atoms with Crippen molar-refractivity contribution in [3.8, 4) is 27.4 Å². The van der Waals surface area contributed by atoms with E-state index in [4.69, 9.17) is 20.9 Å². The van der Waals surface area contributed by atoms with Crippen LogP contribution in [0.15, 0.2) is 52.5 Å². The summed E-state index contributed by atoms with van der Waals surface area (Å²) in [4.78, 5) is 28.9. The molecule has 1 atom stereocenters. The van der Waals surface area contributed by atoms with Crippen molar-refractivity contribution in [3.63, 3.8) is 0 Å². The van der Waals surface area contributed by atoms with E-state index in [0.717, 1.165) is 0 Å². The van der Waals surface area contributed by atoms with Crippen LogP contribution >= 0.6 is 22.9 Å². The Balaban J connectivity index is 1.47. The van der Waals surface area contributed by atoms with Gasteiger partial charge in [0.15, 0.2) is 0 Å². The van der Waals surface area contributed by atoms with Gasteiger partial charge in [-0.25, -0.2) is 19.0 Å². The summed E-state index contributed by atoms with van der Waals surface area (Å²) in [5.41, 5.74) is 5.14. The van der Waals surface area contributed by atoms with Gasteiger partial charge in [-0.1, -0.05) is 17.7 Å². The van der Waals surface area contributed by atoms with Gasteiger partial charge >= 0.3 is 11.9 Å². The molecule has 186 valence electrons. The molecule has 0 fully saturated rings. The topological polar surface area (TPSA) is 118 Å². The van der Waals surface area contributed by atoms with E-state index in [-0.39, 0.29) is 27.9 Å². The largest absolute Gasteiger partial charge is 0.479 e.